The molecule has 1 unspecified atom stereocenters. The van der Waals surface area contributed by atoms with Crippen molar-refractivity contribution in [3.05, 3.63) is 0 Å². The first-order chi connectivity index (χ1) is 5.49. The molecule has 4 nitrogen and oxygen atoms in total. The van der Waals surface area contributed by atoms with Crippen molar-refractivity contribution in [2.75, 3.05) is 28.0 Å². The zero-order chi connectivity index (χ0) is 9.83. The minimum absolute atomic E-state index is 0.488. The van der Waals surface area contributed by atoms with Gasteiger partial charge in [-0.25, -0.2) is 0 Å². The van der Waals surface area contributed by atoms with Crippen molar-refractivity contribution in [3.63, 3.8) is 0 Å². The maximum Gasteiger partial charge on any atom is 0.257 e. The van der Waals surface area contributed by atoms with Crippen molar-refractivity contribution in [1.29, 1.82) is 0 Å². The van der Waals surface area contributed by atoms with Gasteiger partial charge in [0.1, 0.15) is 0 Å². The molecule has 0 saturated heterocycles. The fourth-order valence-corrected chi connectivity index (χ4v) is 2.65. The van der Waals surface area contributed by atoms with Gasteiger partial charge in [-0.3, -0.25) is 4.57 Å². The van der Waals surface area contributed by atoms with Crippen LogP contribution in [-0.2, 0) is 18.6 Å². The lowest BCUT2D eigenvalue weighted by atomic mass is 10.5. The van der Waals surface area contributed by atoms with E-state index < -0.39 is 12.9 Å². The van der Waals surface area contributed by atoms with E-state index in [0.717, 1.165) is 0 Å². The molecule has 0 saturated carbocycles. The van der Waals surface area contributed by atoms with Gasteiger partial charge >= 0.3 is 0 Å². The molecule has 0 aromatic heterocycles. The van der Waals surface area contributed by atoms with E-state index in [-0.39, 0.29) is 0 Å². The molecule has 0 aliphatic heterocycles. The van der Waals surface area contributed by atoms with Gasteiger partial charge in [0.15, 0.2) is 0 Å². The van der Waals surface area contributed by atoms with Crippen LogP contribution in [0.15, 0.2) is 0 Å². The van der Waals surface area contributed by atoms with Crippen molar-refractivity contribution in [2.24, 2.45) is 0 Å². The van der Waals surface area contributed by atoms with E-state index >= 15 is 0 Å². The highest BCUT2D eigenvalue weighted by molar-refractivity contribution is 7.59. The Balaban J connectivity index is 4.82. The summed E-state index contributed by atoms with van der Waals surface area (Å²) in [6, 6.07) is 0. The Hall–Kier alpha value is 0.110. The summed E-state index contributed by atoms with van der Waals surface area (Å²) in [4.78, 5) is 0. The standard InChI is InChI=1S/C7H17O4P/c1-6-7(9-2,10-3)12(5,8)11-4/h6H2,1-5H3. The highest BCUT2D eigenvalue weighted by Gasteiger charge is 2.45. The zero-order valence-electron chi connectivity index (χ0n) is 8.29. The number of ether oxygens (including phenoxy) is 2. The maximum atomic E-state index is 11.8. The van der Waals surface area contributed by atoms with Gasteiger partial charge in [-0.05, 0) is 0 Å². The minimum Gasteiger partial charge on any atom is -0.345 e. The SMILES string of the molecule is CCC(OC)(OC)P(C)(=O)OC. The van der Waals surface area contributed by atoms with Gasteiger partial charge in [-0.2, -0.15) is 0 Å². The fourth-order valence-electron chi connectivity index (χ4n) is 1.13. The van der Waals surface area contributed by atoms with Gasteiger partial charge in [-0.15, -0.1) is 0 Å². The van der Waals surface area contributed by atoms with E-state index in [0.29, 0.717) is 6.42 Å². The van der Waals surface area contributed by atoms with Crippen molar-refractivity contribution >= 4 is 7.37 Å². The fraction of sp³-hybridized carbons (Fsp3) is 1.00. The van der Waals surface area contributed by atoms with E-state index in [9.17, 15) is 4.57 Å². The molecule has 1 atom stereocenters. The Kier molecular flexibility index (Phi) is 4.42. The van der Waals surface area contributed by atoms with Crippen LogP contribution in [0.5, 0.6) is 0 Å². The molecule has 0 spiro atoms. The summed E-state index contributed by atoms with van der Waals surface area (Å²) in [6.45, 7) is 3.34. The Bertz CT molecular complexity index is 168. The smallest absolute Gasteiger partial charge is 0.257 e. The van der Waals surface area contributed by atoms with Crippen LogP contribution in [0.1, 0.15) is 13.3 Å². The van der Waals surface area contributed by atoms with Gasteiger partial charge in [-0.1, -0.05) is 6.92 Å². The van der Waals surface area contributed by atoms with Crippen LogP contribution in [0.2, 0.25) is 0 Å². The van der Waals surface area contributed by atoms with Gasteiger partial charge in [0, 0.05) is 34.4 Å². The average molecular weight is 196 g/mol. The van der Waals surface area contributed by atoms with Crippen molar-refractivity contribution in [3.8, 4) is 0 Å². The van der Waals surface area contributed by atoms with Crippen LogP contribution < -0.4 is 0 Å². The maximum absolute atomic E-state index is 11.8. The van der Waals surface area contributed by atoms with Gasteiger partial charge in [0.05, 0.1) is 0 Å². The summed E-state index contributed by atoms with van der Waals surface area (Å²) < 4.78 is 26.9. The molecule has 0 N–H and O–H groups in total. The summed E-state index contributed by atoms with van der Waals surface area (Å²) in [5.74, 6) is 0. The van der Waals surface area contributed by atoms with Crippen LogP contribution in [0.3, 0.4) is 0 Å². The Morgan fingerprint density at radius 2 is 1.67 bits per heavy atom. The first kappa shape index (κ1) is 12.1. The second-order valence-corrected chi connectivity index (χ2v) is 5.24. The molecule has 0 aromatic carbocycles. The zero-order valence-corrected chi connectivity index (χ0v) is 9.18. The van der Waals surface area contributed by atoms with Crippen LogP contribution >= 0.6 is 7.37 Å². The highest BCUT2D eigenvalue weighted by Crippen LogP contribution is 2.57. The van der Waals surface area contributed by atoms with E-state index in [1.54, 1.807) is 0 Å². The summed E-state index contributed by atoms with van der Waals surface area (Å²) in [5.41, 5.74) is -1.10. The molecule has 0 fully saturated rings. The Morgan fingerprint density at radius 1 is 1.25 bits per heavy atom. The second-order valence-electron chi connectivity index (χ2n) is 2.50. The summed E-state index contributed by atoms with van der Waals surface area (Å²) in [5, 5.41) is 0. The van der Waals surface area contributed by atoms with Gasteiger partial charge in [0.25, 0.3) is 7.37 Å². The number of methoxy groups -OCH3 is 2. The first-order valence-corrected chi connectivity index (χ1v) is 5.80. The van der Waals surface area contributed by atoms with E-state index in [4.69, 9.17) is 14.0 Å². The summed E-state index contributed by atoms with van der Waals surface area (Å²) in [6.07, 6.45) is 0.488. The molecule has 0 aliphatic carbocycles. The molecular weight excluding hydrogens is 179 g/mol. The predicted octanol–water partition coefficient (Wildman–Crippen LogP) is 1.90. The number of hydrogen-bond donors (Lipinski definition) is 0. The van der Waals surface area contributed by atoms with E-state index in [1.165, 1.54) is 28.0 Å². The largest absolute Gasteiger partial charge is 0.345 e. The molecule has 0 amide bonds. The normalized spacial score (nSPS) is 17.4. The Morgan fingerprint density at radius 3 is 1.75 bits per heavy atom. The molecule has 0 bridgehead atoms. The quantitative estimate of drug-likeness (QED) is 0.497. The number of hydrogen-bond acceptors (Lipinski definition) is 4. The molecular formula is C7H17O4P. The Labute approximate surface area is 73.6 Å². The first-order valence-electron chi connectivity index (χ1n) is 3.73. The van der Waals surface area contributed by atoms with Gasteiger partial charge < -0.3 is 14.0 Å². The molecule has 12 heavy (non-hydrogen) atoms. The summed E-state index contributed by atoms with van der Waals surface area (Å²) >= 11 is 0. The van der Waals surface area contributed by atoms with E-state index in [2.05, 4.69) is 0 Å². The van der Waals surface area contributed by atoms with Crippen LogP contribution in [0, 0.1) is 0 Å². The molecule has 0 heterocycles. The molecule has 0 rings (SSSR count). The molecule has 0 radical (unpaired) electrons. The minimum atomic E-state index is -2.86. The molecule has 0 aromatic rings. The van der Waals surface area contributed by atoms with Crippen molar-refractivity contribution in [1.82, 2.24) is 0 Å². The molecule has 74 valence electrons. The second kappa shape index (κ2) is 4.38. The highest BCUT2D eigenvalue weighted by atomic mass is 31.2. The van der Waals surface area contributed by atoms with Gasteiger partial charge in [0.2, 0.25) is 5.53 Å². The third-order valence-electron chi connectivity index (χ3n) is 2.05. The van der Waals surface area contributed by atoms with Crippen LogP contribution in [0.25, 0.3) is 0 Å². The van der Waals surface area contributed by atoms with Crippen LogP contribution in [-0.4, -0.2) is 33.5 Å². The number of rotatable bonds is 5. The van der Waals surface area contributed by atoms with E-state index in [1.807, 2.05) is 6.92 Å². The van der Waals surface area contributed by atoms with Crippen molar-refractivity contribution in [2.45, 2.75) is 18.9 Å². The van der Waals surface area contributed by atoms with Crippen molar-refractivity contribution < 1.29 is 18.6 Å². The monoisotopic (exact) mass is 196 g/mol. The lowest BCUT2D eigenvalue weighted by Crippen LogP contribution is -2.33. The average Bonchev–Trinajstić information content (AvgIpc) is 2.08. The topological polar surface area (TPSA) is 44.8 Å². The van der Waals surface area contributed by atoms with Crippen LogP contribution in [0.4, 0.5) is 0 Å². The lowest BCUT2D eigenvalue weighted by Gasteiger charge is -2.33. The summed E-state index contributed by atoms with van der Waals surface area (Å²) in [7, 11) is 1.45. The third-order valence-corrected chi connectivity index (χ3v) is 4.67. The molecule has 5 heteroatoms. The third kappa shape index (κ3) is 1.88. The predicted molar refractivity (Wildman–Crippen MR) is 47.6 cm³/mol. The molecule has 0 aliphatic rings. The lowest BCUT2D eigenvalue weighted by molar-refractivity contribution is -0.150.